The van der Waals surface area contributed by atoms with E-state index in [1.165, 1.54) is 38.2 Å². The number of anilines is 1. The summed E-state index contributed by atoms with van der Waals surface area (Å²) >= 11 is 0. The van der Waals surface area contributed by atoms with Crippen molar-refractivity contribution < 1.29 is 14.0 Å². The molecule has 0 saturated heterocycles. The first-order valence-electron chi connectivity index (χ1n) is 12.7. The summed E-state index contributed by atoms with van der Waals surface area (Å²) in [5.41, 5.74) is 3.65. The number of halogens is 1. The molecule has 0 aromatic heterocycles. The second-order valence-electron chi connectivity index (χ2n) is 9.78. The van der Waals surface area contributed by atoms with Gasteiger partial charge >= 0.3 is 0 Å². The smallest absolute Gasteiger partial charge is 0.251 e. The second-order valence-corrected chi connectivity index (χ2v) is 9.78. The van der Waals surface area contributed by atoms with E-state index in [0.717, 1.165) is 36.2 Å². The highest BCUT2D eigenvalue weighted by Gasteiger charge is 2.25. The molecule has 1 saturated carbocycles. The van der Waals surface area contributed by atoms with Gasteiger partial charge in [0.05, 0.1) is 0 Å². The maximum Gasteiger partial charge on any atom is 0.251 e. The van der Waals surface area contributed by atoms with E-state index in [1.54, 1.807) is 12.1 Å². The van der Waals surface area contributed by atoms with Crippen molar-refractivity contribution in [3.8, 4) is 0 Å². The van der Waals surface area contributed by atoms with Gasteiger partial charge in [0.15, 0.2) is 0 Å². The van der Waals surface area contributed by atoms with Crippen LogP contribution in [0.3, 0.4) is 0 Å². The van der Waals surface area contributed by atoms with Crippen molar-refractivity contribution in [3.63, 3.8) is 0 Å². The van der Waals surface area contributed by atoms with E-state index in [1.807, 2.05) is 31.2 Å². The van der Waals surface area contributed by atoms with Crippen LogP contribution < -0.4 is 15.5 Å². The van der Waals surface area contributed by atoms with Crippen LogP contribution in [-0.2, 0) is 11.2 Å². The molecule has 4 rings (SSSR count). The monoisotopic (exact) mass is 465 g/mol. The number of hydrogen-bond donors (Lipinski definition) is 2. The normalized spacial score (nSPS) is 16.7. The Balaban J connectivity index is 1.34. The minimum Gasteiger partial charge on any atom is -0.369 e. The lowest BCUT2D eigenvalue weighted by molar-refractivity contribution is -0.123. The fourth-order valence-corrected chi connectivity index (χ4v) is 5.28. The fourth-order valence-electron chi connectivity index (χ4n) is 5.28. The molecule has 2 amide bonds. The first kappa shape index (κ1) is 24.2. The van der Waals surface area contributed by atoms with E-state index in [4.69, 9.17) is 0 Å². The first-order chi connectivity index (χ1) is 16.5. The van der Waals surface area contributed by atoms with Crippen molar-refractivity contribution in [1.29, 1.82) is 0 Å². The van der Waals surface area contributed by atoms with E-state index < -0.39 is 6.04 Å². The Morgan fingerprint density at radius 2 is 1.94 bits per heavy atom. The highest BCUT2D eigenvalue weighted by molar-refractivity contribution is 5.97. The number of rotatable bonds is 9. The zero-order valence-electron chi connectivity index (χ0n) is 20.1. The van der Waals surface area contributed by atoms with Crippen molar-refractivity contribution in [1.82, 2.24) is 10.6 Å². The summed E-state index contributed by atoms with van der Waals surface area (Å²) in [7, 11) is 0. The van der Waals surface area contributed by atoms with E-state index in [2.05, 4.69) is 15.5 Å². The third-order valence-electron chi connectivity index (χ3n) is 7.20. The standard InChI is InChI=1S/C28H36FN3O2/c1-20-6-5-9-23(18-20)27(33)31-25(12-10-21-7-3-2-4-8-21)28(34)30-15-17-32-16-14-22-19-24(29)11-13-26(22)32/h5-6,9,11,13,18-19,21,25H,2-4,7-8,10,12,14-17H2,1H3,(H,30,34)(H,31,33). The number of amides is 2. The summed E-state index contributed by atoms with van der Waals surface area (Å²) < 4.78 is 13.5. The minimum absolute atomic E-state index is 0.129. The molecule has 2 aliphatic rings. The number of aryl methyl sites for hydroxylation is 1. The molecule has 0 radical (unpaired) electrons. The summed E-state index contributed by atoms with van der Waals surface area (Å²) in [4.78, 5) is 28.2. The molecule has 1 unspecified atom stereocenters. The van der Waals surface area contributed by atoms with Crippen molar-refractivity contribution in [2.24, 2.45) is 5.92 Å². The van der Waals surface area contributed by atoms with Crippen molar-refractivity contribution in [2.45, 2.75) is 64.3 Å². The number of benzene rings is 2. The maximum absolute atomic E-state index is 13.5. The van der Waals surface area contributed by atoms with Gasteiger partial charge in [-0.1, -0.05) is 49.8 Å². The molecular weight excluding hydrogens is 429 g/mol. The van der Waals surface area contributed by atoms with Gasteiger partial charge < -0.3 is 15.5 Å². The van der Waals surface area contributed by atoms with Crippen LogP contribution in [0.4, 0.5) is 10.1 Å². The zero-order chi connectivity index (χ0) is 23.9. The van der Waals surface area contributed by atoms with Crippen LogP contribution in [0, 0.1) is 18.7 Å². The fraction of sp³-hybridized carbons (Fsp3) is 0.500. The van der Waals surface area contributed by atoms with Crippen molar-refractivity contribution in [3.05, 3.63) is 65.0 Å². The third kappa shape index (κ3) is 6.37. The first-order valence-corrected chi connectivity index (χ1v) is 12.7. The third-order valence-corrected chi connectivity index (χ3v) is 7.20. The number of nitrogens with one attached hydrogen (secondary N) is 2. The Labute approximate surface area is 202 Å². The van der Waals surface area contributed by atoms with Gasteiger partial charge in [-0.15, -0.1) is 0 Å². The molecule has 34 heavy (non-hydrogen) atoms. The maximum atomic E-state index is 13.5. The molecule has 0 bridgehead atoms. The van der Waals surface area contributed by atoms with Gasteiger partial charge in [0.25, 0.3) is 5.91 Å². The topological polar surface area (TPSA) is 61.4 Å². The van der Waals surface area contributed by atoms with Crippen LogP contribution in [-0.4, -0.2) is 37.5 Å². The average molecular weight is 466 g/mol. The summed E-state index contributed by atoms with van der Waals surface area (Å²) in [5.74, 6) is 0.0961. The summed E-state index contributed by atoms with van der Waals surface area (Å²) in [5, 5.41) is 6.03. The molecule has 2 aromatic carbocycles. The molecule has 5 nitrogen and oxygen atoms in total. The summed E-state index contributed by atoms with van der Waals surface area (Å²) in [6.45, 7) is 3.92. The molecule has 1 aliphatic heterocycles. The Morgan fingerprint density at radius 1 is 1.12 bits per heavy atom. The van der Waals surface area contributed by atoms with Gasteiger partial charge in [0.2, 0.25) is 5.91 Å². The Bertz CT molecular complexity index is 1000. The minimum atomic E-state index is -0.546. The lowest BCUT2D eigenvalue weighted by atomic mass is 9.85. The van der Waals surface area contributed by atoms with Crippen LogP contribution in [0.15, 0.2) is 42.5 Å². The van der Waals surface area contributed by atoms with Gasteiger partial charge in [0, 0.05) is 30.9 Å². The Morgan fingerprint density at radius 3 is 2.74 bits per heavy atom. The molecule has 1 fully saturated rings. The molecule has 2 N–H and O–H groups in total. The van der Waals surface area contributed by atoms with Crippen molar-refractivity contribution >= 4 is 17.5 Å². The van der Waals surface area contributed by atoms with E-state index in [0.29, 0.717) is 31.0 Å². The lowest BCUT2D eigenvalue weighted by Crippen LogP contribution is -2.48. The predicted octanol–water partition coefficient (Wildman–Crippen LogP) is 4.77. The van der Waals surface area contributed by atoms with E-state index in [9.17, 15) is 14.0 Å². The number of hydrogen-bond acceptors (Lipinski definition) is 3. The Hall–Kier alpha value is -2.89. The average Bonchev–Trinajstić information content (AvgIpc) is 3.24. The van der Waals surface area contributed by atoms with E-state index >= 15 is 0 Å². The molecule has 1 atom stereocenters. The predicted molar refractivity (Wildman–Crippen MR) is 134 cm³/mol. The van der Waals surface area contributed by atoms with Crippen LogP contribution in [0.2, 0.25) is 0 Å². The van der Waals surface area contributed by atoms with Crippen LogP contribution in [0.25, 0.3) is 0 Å². The number of carbonyl (C=O) groups is 2. The van der Waals surface area contributed by atoms with Crippen LogP contribution in [0.5, 0.6) is 0 Å². The highest BCUT2D eigenvalue weighted by atomic mass is 19.1. The van der Waals surface area contributed by atoms with Gasteiger partial charge in [-0.25, -0.2) is 4.39 Å². The molecule has 1 aliphatic carbocycles. The Kier molecular flexibility index (Phi) is 8.20. The quantitative estimate of drug-likeness (QED) is 0.561. The number of fused-ring (bicyclic) bond motifs is 1. The van der Waals surface area contributed by atoms with Gasteiger partial charge in [-0.3, -0.25) is 9.59 Å². The van der Waals surface area contributed by atoms with Gasteiger partial charge in [-0.2, -0.15) is 0 Å². The number of carbonyl (C=O) groups excluding carboxylic acids is 2. The summed E-state index contributed by atoms with van der Waals surface area (Å²) in [6.07, 6.45) is 8.69. The van der Waals surface area contributed by atoms with Crippen LogP contribution >= 0.6 is 0 Å². The molecule has 2 aromatic rings. The second kappa shape index (κ2) is 11.5. The number of nitrogens with zero attached hydrogens (tertiary/aromatic N) is 1. The van der Waals surface area contributed by atoms with Crippen LogP contribution in [0.1, 0.15) is 66.4 Å². The largest absolute Gasteiger partial charge is 0.369 e. The van der Waals surface area contributed by atoms with Gasteiger partial charge in [-0.05, 0) is 68.0 Å². The van der Waals surface area contributed by atoms with E-state index in [-0.39, 0.29) is 17.6 Å². The molecular formula is C28H36FN3O2. The SMILES string of the molecule is Cc1cccc(C(=O)NC(CCC2CCCCC2)C(=O)NCCN2CCc3cc(F)ccc32)c1. The van der Waals surface area contributed by atoms with Crippen molar-refractivity contribution in [2.75, 3.05) is 24.5 Å². The summed E-state index contributed by atoms with van der Waals surface area (Å²) in [6, 6.07) is 11.8. The molecule has 1 heterocycles. The molecule has 182 valence electrons. The zero-order valence-corrected chi connectivity index (χ0v) is 20.1. The lowest BCUT2D eigenvalue weighted by Gasteiger charge is -2.25. The molecule has 6 heteroatoms. The molecule has 0 spiro atoms. The highest BCUT2D eigenvalue weighted by Crippen LogP contribution is 2.29. The van der Waals surface area contributed by atoms with Gasteiger partial charge in [0.1, 0.15) is 11.9 Å².